The van der Waals surface area contributed by atoms with Crippen LogP contribution >= 0.6 is 15.9 Å². The molecule has 136 valence electrons. The molecule has 0 aliphatic heterocycles. The molecule has 0 radical (unpaired) electrons. The van der Waals surface area contributed by atoms with Crippen LogP contribution in [0.15, 0.2) is 57.4 Å². The summed E-state index contributed by atoms with van der Waals surface area (Å²) < 4.78 is 6.86. The van der Waals surface area contributed by atoms with Crippen molar-refractivity contribution in [1.29, 1.82) is 0 Å². The second kappa shape index (κ2) is 9.67. The number of aryl methyl sites for hydroxylation is 1. The van der Waals surface area contributed by atoms with Crippen molar-refractivity contribution in [2.75, 3.05) is 0 Å². The van der Waals surface area contributed by atoms with Gasteiger partial charge in [-0.15, -0.1) is 10.2 Å². The highest BCUT2D eigenvalue weighted by atomic mass is 79.9. The molecule has 2 aromatic carbocycles. The van der Waals surface area contributed by atoms with Gasteiger partial charge in [0.25, 0.3) is 0 Å². The Kier molecular flexibility index (Phi) is 7.01. The van der Waals surface area contributed by atoms with E-state index in [1.165, 1.54) is 44.1 Å². The second-order valence-electron chi connectivity index (χ2n) is 6.63. The van der Waals surface area contributed by atoms with Gasteiger partial charge in [-0.05, 0) is 54.8 Å². The highest BCUT2D eigenvalue weighted by Gasteiger charge is 2.10. The van der Waals surface area contributed by atoms with Crippen LogP contribution in [0.4, 0.5) is 0 Å². The molecule has 26 heavy (non-hydrogen) atoms. The van der Waals surface area contributed by atoms with Crippen LogP contribution in [0.5, 0.6) is 0 Å². The molecule has 3 nitrogen and oxygen atoms in total. The molecular formula is C22H25BrN2O. The Morgan fingerprint density at radius 1 is 0.731 bits per heavy atom. The number of aromatic nitrogens is 2. The molecule has 0 aliphatic rings. The van der Waals surface area contributed by atoms with Crippen molar-refractivity contribution in [2.24, 2.45) is 0 Å². The lowest BCUT2D eigenvalue weighted by atomic mass is 10.0. The van der Waals surface area contributed by atoms with E-state index in [0.717, 1.165) is 22.0 Å². The van der Waals surface area contributed by atoms with Gasteiger partial charge in [0, 0.05) is 15.6 Å². The van der Waals surface area contributed by atoms with E-state index in [4.69, 9.17) is 4.42 Å². The lowest BCUT2D eigenvalue weighted by Gasteiger charge is -2.03. The first-order valence-electron chi connectivity index (χ1n) is 9.45. The van der Waals surface area contributed by atoms with Gasteiger partial charge in [-0.2, -0.15) is 0 Å². The predicted octanol–water partition coefficient (Wildman–Crippen LogP) is 7.07. The molecule has 0 atom stereocenters. The summed E-state index contributed by atoms with van der Waals surface area (Å²) in [4.78, 5) is 0. The second-order valence-corrected chi connectivity index (χ2v) is 7.55. The van der Waals surface area contributed by atoms with E-state index >= 15 is 0 Å². The summed E-state index contributed by atoms with van der Waals surface area (Å²) in [6.45, 7) is 2.26. The average Bonchev–Trinajstić information content (AvgIpc) is 3.16. The first kappa shape index (κ1) is 18.8. The zero-order valence-electron chi connectivity index (χ0n) is 15.2. The SMILES string of the molecule is CCCCCCCCc1ccc(-c2nnc(-c3ccc(Br)cc3)o2)cc1. The highest BCUT2D eigenvalue weighted by Crippen LogP contribution is 2.25. The van der Waals surface area contributed by atoms with Gasteiger partial charge >= 0.3 is 0 Å². The Labute approximate surface area is 164 Å². The van der Waals surface area contributed by atoms with Crippen LogP contribution in [0.25, 0.3) is 22.9 Å². The number of hydrogen-bond donors (Lipinski definition) is 0. The largest absolute Gasteiger partial charge is 0.416 e. The Bertz CT molecular complexity index is 794. The van der Waals surface area contributed by atoms with Crippen molar-refractivity contribution < 1.29 is 4.42 Å². The predicted molar refractivity (Wildman–Crippen MR) is 110 cm³/mol. The first-order valence-corrected chi connectivity index (χ1v) is 10.2. The van der Waals surface area contributed by atoms with Crippen LogP contribution < -0.4 is 0 Å². The van der Waals surface area contributed by atoms with Gasteiger partial charge in [0.15, 0.2) is 0 Å². The van der Waals surface area contributed by atoms with Crippen molar-refractivity contribution in [1.82, 2.24) is 10.2 Å². The van der Waals surface area contributed by atoms with Gasteiger partial charge in [-0.25, -0.2) is 0 Å². The molecule has 0 fully saturated rings. The van der Waals surface area contributed by atoms with E-state index in [9.17, 15) is 0 Å². The standard InChI is InChI=1S/C22H25BrN2O/c1-2-3-4-5-6-7-8-17-9-11-18(12-10-17)21-24-25-22(26-21)19-13-15-20(23)16-14-19/h9-16H,2-8H2,1H3. The van der Waals surface area contributed by atoms with E-state index in [2.05, 4.69) is 57.3 Å². The number of halogens is 1. The minimum Gasteiger partial charge on any atom is -0.416 e. The Morgan fingerprint density at radius 3 is 1.88 bits per heavy atom. The van der Waals surface area contributed by atoms with E-state index in [0.29, 0.717) is 11.8 Å². The van der Waals surface area contributed by atoms with E-state index in [1.807, 2.05) is 24.3 Å². The minimum atomic E-state index is 0.545. The summed E-state index contributed by atoms with van der Waals surface area (Å²) in [5, 5.41) is 8.36. The van der Waals surface area contributed by atoms with E-state index in [1.54, 1.807) is 0 Å². The van der Waals surface area contributed by atoms with Crippen molar-refractivity contribution in [3.8, 4) is 22.9 Å². The van der Waals surface area contributed by atoms with Crippen LogP contribution in [0.3, 0.4) is 0 Å². The molecule has 0 N–H and O–H groups in total. The molecule has 0 saturated heterocycles. The van der Waals surface area contributed by atoms with Crippen molar-refractivity contribution in [3.63, 3.8) is 0 Å². The normalized spacial score (nSPS) is 11.0. The molecular weight excluding hydrogens is 388 g/mol. The van der Waals surface area contributed by atoms with Gasteiger partial charge in [0.05, 0.1) is 0 Å². The maximum atomic E-state index is 5.83. The quantitative estimate of drug-likeness (QED) is 0.352. The summed E-state index contributed by atoms with van der Waals surface area (Å²) >= 11 is 3.43. The third kappa shape index (κ3) is 5.28. The molecule has 4 heteroatoms. The Hall–Kier alpha value is -1.94. The highest BCUT2D eigenvalue weighted by molar-refractivity contribution is 9.10. The monoisotopic (exact) mass is 412 g/mol. The maximum Gasteiger partial charge on any atom is 0.248 e. The molecule has 0 spiro atoms. The molecule has 0 bridgehead atoms. The van der Waals surface area contributed by atoms with Crippen LogP contribution in [-0.4, -0.2) is 10.2 Å². The molecule has 1 aromatic heterocycles. The minimum absolute atomic E-state index is 0.545. The summed E-state index contributed by atoms with van der Waals surface area (Å²) in [5.41, 5.74) is 3.26. The van der Waals surface area contributed by atoms with Gasteiger partial charge in [0.1, 0.15) is 0 Å². The van der Waals surface area contributed by atoms with Gasteiger partial charge < -0.3 is 4.42 Å². The fourth-order valence-electron chi connectivity index (χ4n) is 2.97. The van der Waals surface area contributed by atoms with Crippen LogP contribution in [-0.2, 0) is 6.42 Å². The first-order chi connectivity index (χ1) is 12.8. The zero-order chi connectivity index (χ0) is 18.2. The topological polar surface area (TPSA) is 38.9 Å². The number of unbranched alkanes of at least 4 members (excludes halogenated alkanes) is 5. The zero-order valence-corrected chi connectivity index (χ0v) is 16.8. The summed E-state index contributed by atoms with van der Waals surface area (Å²) in [6.07, 6.45) is 9.11. The molecule has 0 unspecified atom stereocenters. The average molecular weight is 413 g/mol. The van der Waals surface area contributed by atoms with Crippen molar-refractivity contribution >= 4 is 15.9 Å². The van der Waals surface area contributed by atoms with Gasteiger partial charge in [-0.3, -0.25) is 0 Å². The fraction of sp³-hybridized carbons (Fsp3) is 0.364. The molecule has 0 aliphatic carbocycles. The lowest BCUT2D eigenvalue weighted by Crippen LogP contribution is -1.87. The van der Waals surface area contributed by atoms with E-state index in [-0.39, 0.29) is 0 Å². The summed E-state index contributed by atoms with van der Waals surface area (Å²) in [6, 6.07) is 16.4. The number of nitrogens with zero attached hydrogens (tertiary/aromatic N) is 2. The third-order valence-electron chi connectivity index (χ3n) is 4.54. The molecule has 3 rings (SSSR count). The number of benzene rings is 2. The molecule has 0 saturated carbocycles. The van der Waals surface area contributed by atoms with Crippen molar-refractivity contribution in [3.05, 3.63) is 58.6 Å². The van der Waals surface area contributed by atoms with Crippen molar-refractivity contribution in [2.45, 2.75) is 51.9 Å². The molecule has 3 aromatic rings. The van der Waals surface area contributed by atoms with E-state index < -0.39 is 0 Å². The summed E-state index contributed by atoms with van der Waals surface area (Å²) in [5.74, 6) is 1.11. The lowest BCUT2D eigenvalue weighted by molar-refractivity contribution is 0.584. The van der Waals surface area contributed by atoms with Crippen LogP contribution in [0, 0.1) is 0 Å². The Balaban J connectivity index is 1.56. The number of rotatable bonds is 9. The molecule has 1 heterocycles. The van der Waals surface area contributed by atoms with Gasteiger partial charge in [-0.1, -0.05) is 67.1 Å². The summed E-state index contributed by atoms with van der Waals surface area (Å²) in [7, 11) is 0. The fourth-order valence-corrected chi connectivity index (χ4v) is 3.24. The van der Waals surface area contributed by atoms with Crippen LogP contribution in [0.1, 0.15) is 51.0 Å². The smallest absolute Gasteiger partial charge is 0.248 e. The molecule has 0 amide bonds. The van der Waals surface area contributed by atoms with Gasteiger partial charge in [0.2, 0.25) is 11.8 Å². The maximum absolute atomic E-state index is 5.83. The number of hydrogen-bond acceptors (Lipinski definition) is 3. The van der Waals surface area contributed by atoms with Crippen LogP contribution in [0.2, 0.25) is 0 Å². The Morgan fingerprint density at radius 2 is 1.27 bits per heavy atom. The third-order valence-corrected chi connectivity index (χ3v) is 5.06.